The lowest BCUT2D eigenvalue weighted by atomic mass is 9.73. The van der Waals surface area contributed by atoms with E-state index >= 15 is 0 Å². The van der Waals surface area contributed by atoms with Gasteiger partial charge in [-0.05, 0) is 42.4 Å². The Hall–Kier alpha value is -0.980. The summed E-state index contributed by atoms with van der Waals surface area (Å²) in [4.78, 5) is 0. The zero-order valence-electron chi connectivity index (χ0n) is 10.2. The lowest BCUT2D eigenvalue weighted by Gasteiger charge is -2.31. The van der Waals surface area contributed by atoms with Crippen molar-refractivity contribution in [2.24, 2.45) is 5.92 Å². The number of benzene rings is 1. The first-order valence-electron chi connectivity index (χ1n) is 6.60. The summed E-state index contributed by atoms with van der Waals surface area (Å²) in [5.41, 5.74) is 1.43. The zero-order valence-corrected chi connectivity index (χ0v) is 10.2. The Morgan fingerprint density at radius 2 is 1.81 bits per heavy atom. The van der Waals surface area contributed by atoms with Crippen LogP contribution in [0.4, 0.5) is 0 Å². The van der Waals surface area contributed by atoms with Gasteiger partial charge in [-0.1, -0.05) is 44.7 Å². The van der Waals surface area contributed by atoms with Gasteiger partial charge in [-0.2, -0.15) is 0 Å². The summed E-state index contributed by atoms with van der Waals surface area (Å²) in [5, 5.41) is 9.32. The van der Waals surface area contributed by atoms with Gasteiger partial charge in [0, 0.05) is 0 Å². The molecule has 1 saturated carbocycles. The fourth-order valence-electron chi connectivity index (χ4n) is 3.08. The second-order valence-corrected chi connectivity index (χ2v) is 5.03. The quantitative estimate of drug-likeness (QED) is 0.793. The molecule has 0 saturated heterocycles. The fourth-order valence-corrected chi connectivity index (χ4v) is 3.08. The molecule has 88 valence electrons. The molecule has 2 atom stereocenters. The van der Waals surface area contributed by atoms with Crippen molar-refractivity contribution in [3.05, 3.63) is 29.8 Å². The minimum Gasteiger partial charge on any atom is -0.508 e. The first-order valence-corrected chi connectivity index (χ1v) is 6.60. The van der Waals surface area contributed by atoms with Crippen LogP contribution in [-0.4, -0.2) is 5.11 Å². The summed E-state index contributed by atoms with van der Waals surface area (Å²) in [7, 11) is 0. The molecule has 1 heteroatoms. The molecule has 0 amide bonds. The first-order chi connectivity index (χ1) is 7.81. The van der Waals surface area contributed by atoms with Gasteiger partial charge in [0.2, 0.25) is 0 Å². The SMILES string of the molecule is CCCC1CCCCC1c1ccc(O)cc1. The highest BCUT2D eigenvalue weighted by Crippen LogP contribution is 2.40. The Balaban J connectivity index is 2.13. The molecule has 0 aromatic heterocycles. The molecule has 1 N–H and O–H groups in total. The molecule has 1 aliphatic carbocycles. The van der Waals surface area contributed by atoms with Crippen LogP contribution in [0.3, 0.4) is 0 Å². The predicted octanol–water partition coefficient (Wildman–Crippen LogP) is 4.47. The maximum absolute atomic E-state index is 9.32. The number of phenolic OH excluding ortho intramolecular Hbond substituents is 1. The van der Waals surface area contributed by atoms with Crippen LogP contribution in [0.25, 0.3) is 0 Å². The van der Waals surface area contributed by atoms with Crippen LogP contribution >= 0.6 is 0 Å². The number of hydrogen-bond acceptors (Lipinski definition) is 1. The standard InChI is InChI=1S/C15H22O/c1-2-5-12-6-3-4-7-15(12)13-8-10-14(16)11-9-13/h8-12,15-16H,2-7H2,1H3. The molecule has 0 spiro atoms. The average molecular weight is 218 g/mol. The number of hydrogen-bond donors (Lipinski definition) is 1. The van der Waals surface area contributed by atoms with Gasteiger partial charge in [0.1, 0.15) is 5.75 Å². The van der Waals surface area contributed by atoms with E-state index in [1.54, 1.807) is 0 Å². The first kappa shape index (κ1) is 11.5. The number of phenols is 1. The molecule has 2 rings (SSSR count). The monoisotopic (exact) mass is 218 g/mol. The van der Waals surface area contributed by atoms with E-state index < -0.39 is 0 Å². The molecule has 1 nitrogen and oxygen atoms in total. The van der Waals surface area contributed by atoms with E-state index in [1.165, 1.54) is 44.1 Å². The van der Waals surface area contributed by atoms with Gasteiger partial charge in [-0.15, -0.1) is 0 Å². The summed E-state index contributed by atoms with van der Waals surface area (Å²) in [6.07, 6.45) is 8.13. The predicted molar refractivity (Wildman–Crippen MR) is 67.7 cm³/mol. The maximum Gasteiger partial charge on any atom is 0.115 e. The highest BCUT2D eigenvalue weighted by molar-refractivity contribution is 5.29. The molecule has 0 bridgehead atoms. The van der Waals surface area contributed by atoms with E-state index in [1.807, 2.05) is 12.1 Å². The Morgan fingerprint density at radius 1 is 1.12 bits per heavy atom. The summed E-state index contributed by atoms with van der Waals surface area (Å²) < 4.78 is 0. The summed E-state index contributed by atoms with van der Waals surface area (Å²) in [6, 6.07) is 7.86. The van der Waals surface area contributed by atoms with Gasteiger partial charge in [-0.25, -0.2) is 0 Å². The van der Waals surface area contributed by atoms with E-state index in [-0.39, 0.29) is 0 Å². The lowest BCUT2D eigenvalue weighted by Crippen LogP contribution is -2.17. The van der Waals surface area contributed by atoms with Gasteiger partial charge in [-0.3, -0.25) is 0 Å². The Labute approximate surface area is 98.5 Å². The molecule has 16 heavy (non-hydrogen) atoms. The van der Waals surface area contributed by atoms with E-state index in [0.717, 1.165) is 11.8 Å². The third-order valence-electron chi connectivity index (χ3n) is 3.89. The molecule has 1 aliphatic rings. The van der Waals surface area contributed by atoms with E-state index in [4.69, 9.17) is 0 Å². The smallest absolute Gasteiger partial charge is 0.115 e. The Morgan fingerprint density at radius 3 is 2.50 bits per heavy atom. The summed E-state index contributed by atoms with van der Waals surface area (Å²) in [6.45, 7) is 2.28. The van der Waals surface area contributed by atoms with Crippen LogP contribution in [-0.2, 0) is 0 Å². The van der Waals surface area contributed by atoms with E-state index in [0.29, 0.717) is 5.75 Å². The van der Waals surface area contributed by atoms with Crippen molar-refractivity contribution in [3.63, 3.8) is 0 Å². The fraction of sp³-hybridized carbons (Fsp3) is 0.600. The molecule has 2 unspecified atom stereocenters. The highest BCUT2D eigenvalue weighted by Gasteiger charge is 2.25. The van der Waals surface area contributed by atoms with Crippen molar-refractivity contribution in [3.8, 4) is 5.75 Å². The van der Waals surface area contributed by atoms with Gasteiger partial charge in [0.15, 0.2) is 0 Å². The summed E-state index contributed by atoms with van der Waals surface area (Å²) in [5.74, 6) is 1.98. The zero-order chi connectivity index (χ0) is 11.4. The third kappa shape index (κ3) is 2.58. The van der Waals surface area contributed by atoms with Crippen molar-refractivity contribution < 1.29 is 5.11 Å². The minimum atomic E-state index is 0.381. The minimum absolute atomic E-state index is 0.381. The van der Waals surface area contributed by atoms with E-state index in [2.05, 4.69) is 19.1 Å². The number of aromatic hydroxyl groups is 1. The van der Waals surface area contributed by atoms with Crippen LogP contribution in [0, 0.1) is 5.92 Å². The average Bonchev–Trinajstić information content (AvgIpc) is 2.32. The van der Waals surface area contributed by atoms with Gasteiger partial charge in [0.05, 0.1) is 0 Å². The molecule has 0 heterocycles. The van der Waals surface area contributed by atoms with Crippen molar-refractivity contribution in [2.75, 3.05) is 0 Å². The molecule has 0 aliphatic heterocycles. The van der Waals surface area contributed by atoms with Gasteiger partial charge >= 0.3 is 0 Å². The van der Waals surface area contributed by atoms with Crippen molar-refractivity contribution >= 4 is 0 Å². The normalized spacial score (nSPS) is 25.6. The van der Waals surface area contributed by atoms with Crippen molar-refractivity contribution in [1.82, 2.24) is 0 Å². The van der Waals surface area contributed by atoms with Gasteiger partial charge in [0.25, 0.3) is 0 Å². The molecular formula is C15H22O. The largest absolute Gasteiger partial charge is 0.508 e. The topological polar surface area (TPSA) is 20.2 Å². The highest BCUT2D eigenvalue weighted by atomic mass is 16.3. The molecule has 1 aromatic carbocycles. The second-order valence-electron chi connectivity index (χ2n) is 5.03. The van der Waals surface area contributed by atoms with Crippen LogP contribution < -0.4 is 0 Å². The molecular weight excluding hydrogens is 196 g/mol. The van der Waals surface area contributed by atoms with Crippen LogP contribution in [0.1, 0.15) is 56.9 Å². The van der Waals surface area contributed by atoms with Crippen LogP contribution in [0.2, 0.25) is 0 Å². The Kier molecular flexibility index (Phi) is 3.87. The molecule has 1 fully saturated rings. The van der Waals surface area contributed by atoms with Crippen LogP contribution in [0.5, 0.6) is 5.75 Å². The maximum atomic E-state index is 9.32. The number of rotatable bonds is 3. The molecule has 0 radical (unpaired) electrons. The Bertz CT molecular complexity index is 313. The summed E-state index contributed by atoms with van der Waals surface area (Å²) >= 11 is 0. The second kappa shape index (κ2) is 5.38. The molecule has 1 aromatic rings. The van der Waals surface area contributed by atoms with Gasteiger partial charge < -0.3 is 5.11 Å². The van der Waals surface area contributed by atoms with Crippen molar-refractivity contribution in [2.45, 2.75) is 51.4 Å². The third-order valence-corrected chi connectivity index (χ3v) is 3.89. The van der Waals surface area contributed by atoms with Crippen molar-refractivity contribution in [1.29, 1.82) is 0 Å². The van der Waals surface area contributed by atoms with Crippen LogP contribution in [0.15, 0.2) is 24.3 Å². The lowest BCUT2D eigenvalue weighted by molar-refractivity contribution is 0.288. The van der Waals surface area contributed by atoms with E-state index in [9.17, 15) is 5.11 Å².